The fourth-order valence-electron chi connectivity index (χ4n) is 2.13. The Bertz CT molecular complexity index is 673. The molecule has 0 radical (unpaired) electrons. The predicted molar refractivity (Wildman–Crippen MR) is 117 cm³/mol. The first kappa shape index (κ1) is 25.1. The Kier molecular flexibility index (Phi) is 11.3. The molecule has 9 heteroatoms. The van der Waals surface area contributed by atoms with Gasteiger partial charge in [-0.05, 0) is 39.3 Å². The third-order valence-corrected chi connectivity index (χ3v) is 4.91. The van der Waals surface area contributed by atoms with E-state index < -0.39 is 15.6 Å². The van der Waals surface area contributed by atoms with E-state index in [2.05, 4.69) is 20.3 Å². The van der Waals surface area contributed by atoms with Gasteiger partial charge in [0, 0.05) is 25.7 Å². The molecule has 3 N–H and O–H groups in total. The van der Waals surface area contributed by atoms with Crippen LogP contribution in [0, 0.1) is 0 Å². The molecule has 0 aliphatic rings. The number of nitrogens with one attached hydrogen (secondary N) is 3. The predicted octanol–water partition coefficient (Wildman–Crippen LogP) is 2.08. The number of nitrogens with zero attached hydrogens (tertiary/aromatic N) is 1. The molecule has 0 aromatic heterocycles. The summed E-state index contributed by atoms with van der Waals surface area (Å²) in [5.74, 6) is 0.621. The molecule has 0 amide bonds. The molecule has 1 rings (SSSR count). The molecule has 0 heterocycles. The molecule has 1 aromatic rings. The molecule has 0 aliphatic heterocycles. The van der Waals surface area contributed by atoms with E-state index in [9.17, 15) is 8.42 Å². The SMILES string of the molecule is CCNC(=NCc1ccccc1S(=O)(=O)NC(C)(C)C)NCCOC.I. The highest BCUT2D eigenvalue weighted by molar-refractivity contribution is 14.0. The van der Waals surface area contributed by atoms with E-state index in [1.54, 1.807) is 25.3 Å². The van der Waals surface area contributed by atoms with E-state index in [0.29, 0.717) is 31.2 Å². The second kappa shape index (κ2) is 11.7. The van der Waals surface area contributed by atoms with Crippen LogP contribution in [-0.4, -0.2) is 46.7 Å². The quantitative estimate of drug-likeness (QED) is 0.221. The molecule has 0 fully saturated rings. The van der Waals surface area contributed by atoms with Gasteiger partial charge in [0.1, 0.15) is 0 Å². The second-order valence-electron chi connectivity index (χ2n) is 6.58. The number of rotatable bonds is 8. The number of hydrogen-bond acceptors (Lipinski definition) is 4. The summed E-state index contributed by atoms with van der Waals surface area (Å²) in [6.45, 7) is 9.56. The minimum Gasteiger partial charge on any atom is -0.383 e. The zero-order valence-electron chi connectivity index (χ0n) is 16.1. The summed E-state index contributed by atoms with van der Waals surface area (Å²) in [4.78, 5) is 4.72. The first-order chi connectivity index (χ1) is 11.7. The molecular weight excluding hydrogens is 467 g/mol. The zero-order chi connectivity index (χ0) is 18.9. The highest BCUT2D eigenvalue weighted by Crippen LogP contribution is 2.18. The van der Waals surface area contributed by atoms with Gasteiger partial charge in [-0.1, -0.05) is 18.2 Å². The van der Waals surface area contributed by atoms with Crippen molar-refractivity contribution in [1.82, 2.24) is 15.4 Å². The van der Waals surface area contributed by atoms with Crippen LogP contribution in [0.3, 0.4) is 0 Å². The molecule has 0 aliphatic carbocycles. The summed E-state index contributed by atoms with van der Waals surface area (Å²) < 4.78 is 33.0. The first-order valence-electron chi connectivity index (χ1n) is 8.32. The Balaban J connectivity index is 0.00000625. The Morgan fingerprint density at radius 3 is 2.42 bits per heavy atom. The number of hydrogen-bond donors (Lipinski definition) is 3. The molecule has 0 bridgehead atoms. The van der Waals surface area contributed by atoms with Crippen molar-refractivity contribution in [2.24, 2.45) is 4.99 Å². The van der Waals surface area contributed by atoms with Crippen LogP contribution in [0.15, 0.2) is 34.2 Å². The number of sulfonamides is 1. The Morgan fingerprint density at radius 1 is 1.19 bits per heavy atom. The Morgan fingerprint density at radius 2 is 1.85 bits per heavy atom. The summed E-state index contributed by atoms with van der Waals surface area (Å²) in [6, 6.07) is 6.91. The Labute approximate surface area is 174 Å². The van der Waals surface area contributed by atoms with Gasteiger partial charge in [0.15, 0.2) is 5.96 Å². The molecule has 0 unspecified atom stereocenters. The minimum atomic E-state index is -3.61. The lowest BCUT2D eigenvalue weighted by Gasteiger charge is -2.21. The summed E-state index contributed by atoms with van der Waals surface area (Å²) in [5.41, 5.74) is 0.0921. The summed E-state index contributed by atoms with van der Waals surface area (Å²) in [5, 5.41) is 6.26. The van der Waals surface area contributed by atoms with E-state index >= 15 is 0 Å². The van der Waals surface area contributed by atoms with Crippen LogP contribution in [-0.2, 0) is 21.3 Å². The maximum absolute atomic E-state index is 12.6. The normalized spacial score (nSPS) is 12.4. The van der Waals surface area contributed by atoms with Crippen molar-refractivity contribution in [3.8, 4) is 0 Å². The van der Waals surface area contributed by atoms with Gasteiger partial charge in [0.05, 0.1) is 18.0 Å². The van der Waals surface area contributed by atoms with Gasteiger partial charge in [-0.15, -0.1) is 24.0 Å². The summed E-state index contributed by atoms with van der Waals surface area (Å²) in [6.07, 6.45) is 0. The molecule has 0 atom stereocenters. The number of benzene rings is 1. The van der Waals surface area contributed by atoms with E-state index in [1.165, 1.54) is 0 Å². The van der Waals surface area contributed by atoms with Gasteiger partial charge >= 0.3 is 0 Å². The number of halogens is 1. The van der Waals surface area contributed by atoms with Crippen LogP contribution in [0.4, 0.5) is 0 Å². The van der Waals surface area contributed by atoms with Gasteiger partial charge < -0.3 is 15.4 Å². The lowest BCUT2D eigenvalue weighted by Crippen LogP contribution is -2.41. The fourth-order valence-corrected chi connectivity index (χ4v) is 3.78. The van der Waals surface area contributed by atoms with Crippen LogP contribution in [0.5, 0.6) is 0 Å². The van der Waals surface area contributed by atoms with Crippen molar-refractivity contribution in [3.05, 3.63) is 29.8 Å². The standard InChI is InChI=1S/C17H30N4O3S.HI/c1-6-18-16(19-11-12-24-5)20-13-14-9-7-8-10-15(14)25(22,23)21-17(2,3)4;/h7-10,21H,6,11-13H2,1-5H3,(H2,18,19,20);1H. The smallest absolute Gasteiger partial charge is 0.241 e. The zero-order valence-corrected chi connectivity index (χ0v) is 19.3. The maximum Gasteiger partial charge on any atom is 0.241 e. The van der Waals surface area contributed by atoms with Crippen LogP contribution in [0.2, 0.25) is 0 Å². The van der Waals surface area contributed by atoms with Crippen LogP contribution >= 0.6 is 24.0 Å². The van der Waals surface area contributed by atoms with Gasteiger partial charge in [0.2, 0.25) is 10.0 Å². The number of guanidine groups is 1. The highest BCUT2D eigenvalue weighted by Gasteiger charge is 2.24. The van der Waals surface area contributed by atoms with Crippen molar-refractivity contribution < 1.29 is 13.2 Å². The van der Waals surface area contributed by atoms with Crippen molar-refractivity contribution in [2.75, 3.05) is 26.8 Å². The number of methoxy groups -OCH3 is 1. The van der Waals surface area contributed by atoms with Crippen LogP contribution in [0.1, 0.15) is 33.3 Å². The van der Waals surface area contributed by atoms with E-state index in [0.717, 1.165) is 0 Å². The molecule has 0 saturated heterocycles. The van der Waals surface area contributed by atoms with E-state index in [1.807, 2.05) is 33.8 Å². The third kappa shape index (κ3) is 9.15. The molecule has 26 heavy (non-hydrogen) atoms. The monoisotopic (exact) mass is 498 g/mol. The van der Waals surface area contributed by atoms with Gasteiger partial charge in [0.25, 0.3) is 0 Å². The fraction of sp³-hybridized carbons (Fsp3) is 0.588. The van der Waals surface area contributed by atoms with Gasteiger partial charge in [-0.3, -0.25) is 0 Å². The van der Waals surface area contributed by atoms with Crippen molar-refractivity contribution in [1.29, 1.82) is 0 Å². The average molecular weight is 498 g/mol. The topological polar surface area (TPSA) is 91.8 Å². The Hall–Kier alpha value is -0.910. The third-order valence-electron chi connectivity index (χ3n) is 3.05. The van der Waals surface area contributed by atoms with Crippen LogP contribution in [0.25, 0.3) is 0 Å². The van der Waals surface area contributed by atoms with Gasteiger partial charge in [-0.25, -0.2) is 18.1 Å². The molecule has 0 spiro atoms. The average Bonchev–Trinajstić information content (AvgIpc) is 2.51. The molecule has 1 aromatic carbocycles. The summed E-state index contributed by atoms with van der Waals surface area (Å²) in [7, 11) is -1.98. The van der Waals surface area contributed by atoms with Crippen molar-refractivity contribution in [3.63, 3.8) is 0 Å². The van der Waals surface area contributed by atoms with Crippen molar-refractivity contribution >= 4 is 40.0 Å². The largest absolute Gasteiger partial charge is 0.383 e. The van der Waals surface area contributed by atoms with E-state index in [4.69, 9.17) is 4.74 Å². The maximum atomic E-state index is 12.6. The molecule has 7 nitrogen and oxygen atoms in total. The van der Waals surface area contributed by atoms with Crippen molar-refractivity contribution in [2.45, 2.75) is 44.7 Å². The molecule has 150 valence electrons. The molecule has 0 saturated carbocycles. The number of aliphatic imine (C=N–C) groups is 1. The second-order valence-corrected chi connectivity index (χ2v) is 8.23. The first-order valence-corrected chi connectivity index (χ1v) is 9.81. The van der Waals surface area contributed by atoms with E-state index in [-0.39, 0.29) is 35.4 Å². The lowest BCUT2D eigenvalue weighted by molar-refractivity contribution is 0.203. The summed E-state index contributed by atoms with van der Waals surface area (Å²) >= 11 is 0. The van der Waals surface area contributed by atoms with Crippen LogP contribution < -0.4 is 15.4 Å². The lowest BCUT2D eigenvalue weighted by atomic mass is 10.1. The van der Waals surface area contributed by atoms with Gasteiger partial charge in [-0.2, -0.15) is 0 Å². The minimum absolute atomic E-state index is 0. The number of ether oxygens (including phenoxy) is 1. The molecular formula is C17H31IN4O3S. The highest BCUT2D eigenvalue weighted by atomic mass is 127.